The van der Waals surface area contributed by atoms with Crippen molar-refractivity contribution in [3.63, 3.8) is 0 Å². The van der Waals surface area contributed by atoms with Crippen LogP contribution in [-0.2, 0) is 0 Å². The SMILES string of the molecule is CCCC(CCCCCCC(C)C)=C(C)C1CCCC(C)(C)CCC(C)(C)CC1. The van der Waals surface area contributed by atoms with Gasteiger partial charge in [-0.15, -0.1) is 0 Å². The largest absolute Gasteiger partial charge is 0.0710 e. The Hall–Kier alpha value is -0.260. The van der Waals surface area contributed by atoms with Crippen molar-refractivity contribution in [1.82, 2.24) is 0 Å². The Balaban J connectivity index is 2.73. The van der Waals surface area contributed by atoms with E-state index in [1.54, 1.807) is 5.57 Å². The summed E-state index contributed by atoms with van der Waals surface area (Å²) in [5.41, 5.74) is 4.66. The zero-order valence-corrected chi connectivity index (χ0v) is 21.8. The summed E-state index contributed by atoms with van der Waals surface area (Å²) in [6.45, 7) is 19.6. The smallest absolute Gasteiger partial charge is 0.0203 e. The molecule has 1 rings (SSSR count). The summed E-state index contributed by atoms with van der Waals surface area (Å²) in [5, 5.41) is 0. The maximum absolute atomic E-state index is 2.52. The van der Waals surface area contributed by atoms with Gasteiger partial charge in [-0.05, 0) is 87.4 Å². The average Bonchev–Trinajstić information content (AvgIpc) is 2.63. The third-order valence-corrected chi connectivity index (χ3v) is 7.79. The molecule has 0 N–H and O–H groups in total. The van der Waals surface area contributed by atoms with Gasteiger partial charge in [0.1, 0.15) is 0 Å². The van der Waals surface area contributed by atoms with Crippen molar-refractivity contribution in [1.29, 1.82) is 0 Å². The van der Waals surface area contributed by atoms with Gasteiger partial charge < -0.3 is 0 Å². The second kappa shape index (κ2) is 13.2. The molecule has 0 heteroatoms. The van der Waals surface area contributed by atoms with Crippen LogP contribution in [-0.4, -0.2) is 0 Å². The van der Waals surface area contributed by atoms with Crippen LogP contribution in [0.5, 0.6) is 0 Å². The molecular weight excluding hydrogens is 348 g/mol. The maximum atomic E-state index is 2.52. The molecule has 0 aromatic carbocycles. The quantitative estimate of drug-likeness (QED) is 0.251. The molecule has 172 valence electrons. The molecule has 0 heterocycles. The highest BCUT2D eigenvalue weighted by molar-refractivity contribution is 5.15. The predicted octanol–water partition coefficient (Wildman–Crippen LogP) is 10.5. The average molecular weight is 405 g/mol. The second-order valence-corrected chi connectivity index (χ2v) is 12.3. The number of hydrogen-bond donors (Lipinski definition) is 0. The normalized spacial score (nSPS) is 23.7. The van der Waals surface area contributed by atoms with Crippen molar-refractivity contribution >= 4 is 0 Å². The van der Waals surface area contributed by atoms with E-state index in [1.165, 1.54) is 96.3 Å². The fourth-order valence-corrected chi connectivity index (χ4v) is 5.25. The van der Waals surface area contributed by atoms with Crippen LogP contribution < -0.4 is 0 Å². The summed E-state index contributed by atoms with van der Waals surface area (Å²) < 4.78 is 0. The summed E-state index contributed by atoms with van der Waals surface area (Å²) in [4.78, 5) is 0. The minimum Gasteiger partial charge on any atom is -0.0710 e. The Morgan fingerprint density at radius 1 is 0.793 bits per heavy atom. The molecule has 0 saturated heterocycles. The Bertz CT molecular complexity index is 462. The lowest BCUT2D eigenvalue weighted by Gasteiger charge is -2.35. The van der Waals surface area contributed by atoms with Crippen LogP contribution in [0.1, 0.15) is 152 Å². The summed E-state index contributed by atoms with van der Waals surface area (Å²) in [6.07, 6.45) is 21.0. The number of hydrogen-bond acceptors (Lipinski definition) is 0. The maximum Gasteiger partial charge on any atom is -0.0203 e. The summed E-state index contributed by atoms with van der Waals surface area (Å²) in [5.74, 6) is 1.71. The van der Waals surface area contributed by atoms with Crippen molar-refractivity contribution in [3.05, 3.63) is 11.1 Å². The molecule has 0 nitrogen and oxygen atoms in total. The van der Waals surface area contributed by atoms with Crippen molar-refractivity contribution in [2.24, 2.45) is 22.7 Å². The van der Waals surface area contributed by atoms with E-state index in [4.69, 9.17) is 0 Å². The molecule has 1 aliphatic carbocycles. The molecule has 1 unspecified atom stereocenters. The molecule has 0 amide bonds. The molecule has 0 radical (unpaired) electrons. The molecule has 1 atom stereocenters. The predicted molar refractivity (Wildman–Crippen MR) is 134 cm³/mol. The Kier molecular flexibility index (Phi) is 12.2. The summed E-state index contributed by atoms with van der Waals surface area (Å²) in [7, 11) is 0. The van der Waals surface area contributed by atoms with Gasteiger partial charge in [-0.25, -0.2) is 0 Å². The van der Waals surface area contributed by atoms with Gasteiger partial charge in [-0.3, -0.25) is 0 Å². The molecule has 1 aliphatic rings. The fourth-order valence-electron chi connectivity index (χ4n) is 5.25. The summed E-state index contributed by atoms with van der Waals surface area (Å²) in [6, 6.07) is 0. The Morgan fingerprint density at radius 3 is 2.03 bits per heavy atom. The van der Waals surface area contributed by atoms with Crippen LogP contribution >= 0.6 is 0 Å². The highest BCUT2D eigenvalue weighted by atomic mass is 14.3. The zero-order chi connectivity index (χ0) is 21.9. The molecule has 0 aromatic rings. The molecule has 0 spiro atoms. The fraction of sp³-hybridized carbons (Fsp3) is 0.931. The molecular formula is C29H56. The first kappa shape index (κ1) is 26.8. The lowest BCUT2D eigenvalue weighted by Crippen LogP contribution is -2.22. The molecule has 0 aromatic heterocycles. The molecule has 0 bridgehead atoms. The first-order chi connectivity index (χ1) is 13.6. The first-order valence-corrected chi connectivity index (χ1v) is 13.2. The number of unbranched alkanes of at least 4 members (excludes halogenated alkanes) is 3. The van der Waals surface area contributed by atoms with Crippen molar-refractivity contribution in [3.8, 4) is 0 Å². The van der Waals surface area contributed by atoms with Gasteiger partial charge in [-0.1, -0.05) is 98.1 Å². The van der Waals surface area contributed by atoms with Crippen molar-refractivity contribution in [2.75, 3.05) is 0 Å². The highest BCUT2D eigenvalue weighted by Crippen LogP contribution is 2.42. The van der Waals surface area contributed by atoms with Crippen LogP contribution in [0.4, 0.5) is 0 Å². The van der Waals surface area contributed by atoms with Gasteiger partial charge >= 0.3 is 0 Å². The molecule has 1 fully saturated rings. The van der Waals surface area contributed by atoms with E-state index in [2.05, 4.69) is 55.4 Å². The third kappa shape index (κ3) is 11.6. The summed E-state index contributed by atoms with van der Waals surface area (Å²) >= 11 is 0. The van der Waals surface area contributed by atoms with Gasteiger partial charge in [0.25, 0.3) is 0 Å². The van der Waals surface area contributed by atoms with Crippen LogP contribution in [0.2, 0.25) is 0 Å². The number of allylic oxidation sites excluding steroid dienone is 2. The van der Waals surface area contributed by atoms with Gasteiger partial charge in [-0.2, -0.15) is 0 Å². The topological polar surface area (TPSA) is 0 Å². The van der Waals surface area contributed by atoms with E-state index in [1.807, 2.05) is 5.57 Å². The van der Waals surface area contributed by atoms with E-state index in [0.29, 0.717) is 10.8 Å². The van der Waals surface area contributed by atoms with Gasteiger partial charge in [0.2, 0.25) is 0 Å². The molecule has 29 heavy (non-hydrogen) atoms. The Morgan fingerprint density at radius 2 is 1.41 bits per heavy atom. The van der Waals surface area contributed by atoms with Gasteiger partial charge in [0.15, 0.2) is 0 Å². The standard InChI is InChI=1S/C29H56/c1-9-15-26(17-13-11-10-12-16-24(2)3)25(4)27-18-14-20-28(5,6)22-23-29(7,8)21-19-27/h24,27H,9-23H2,1-8H3. The van der Waals surface area contributed by atoms with Gasteiger partial charge in [0, 0.05) is 0 Å². The highest BCUT2D eigenvalue weighted by Gasteiger charge is 2.28. The Labute approximate surface area is 185 Å². The van der Waals surface area contributed by atoms with Crippen LogP contribution in [0.15, 0.2) is 11.1 Å². The van der Waals surface area contributed by atoms with E-state index in [9.17, 15) is 0 Å². The minimum absolute atomic E-state index is 0.508. The third-order valence-electron chi connectivity index (χ3n) is 7.79. The lowest BCUT2D eigenvalue weighted by molar-refractivity contribution is 0.187. The number of rotatable bonds is 10. The lowest BCUT2D eigenvalue weighted by atomic mass is 9.70. The molecule has 0 aliphatic heterocycles. The zero-order valence-electron chi connectivity index (χ0n) is 21.8. The van der Waals surface area contributed by atoms with E-state index in [0.717, 1.165) is 11.8 Å². The van der Waals surface area contributed by atoms with E-state index < -0.39 is 0 Å². The monoisotopic (exact) mass is 404 g/mol. The van der Waals surface area contributed by atoms with Gasteiger partial charge in [0.05, 0.1) is 0 Å². The first-order valence-electron chi connectivity index (χ1n) is 13.2. The van der Waals surface area contributed by atoms with Crippen molar-refractivity contribution in [2.45, 2.75) is 152 Å². The minimum atomic E-state index is 0.508. The van der Waals surface area contributed by atoms with Crippen molar-refractivity contribution < 1.29 is 0 Å². The van der Waals surface area contributed by atoms with Crippen LogP contribution in [0, 0.1) is 22.7 Å². The van der Waals surface area contributed by atoms with Crippen LogP contribution in [0.3, 0.4) is 0 Å². The second-order valence-electron chi connectivity index (χ2n) is 12.3. The van der Waals surface area contributed by atoms with Crippen LogP contribution in [0.25, 0.3) is 0 Å². The molecule has 1 saturated carbocycles. The van der Waals surface area contributed by atoms with E-state index in [-0.39, 0.29) is 0 Å². The van der Waals surface area contributed by atoms with E-state index >= 15 is 0 Å².